The van der Waals surface area contributed by atoms with Gasteiger partial charge in [-0.15, -0.1) is 0 Å². The average Bonchev–Trinajstić information content (AvgIpc) is 3.50. The third-order valence-corrected chi connectivity index (χ3v) is 7.43. The average molecular weight is 546 g/mol. The highest BCUT2D eigenvalue weighted by atomic mass is 32.2. The van der Waals surface area contributed by atoms with Gasteiger partial charge < -0.3 is 14.2 Å². The lowest BCUT2D eigenvalue weighted by molar-refractivity contribution is -0.149. The largest absolute Gasteiger partial charge is 0.495 e. The molecule has 38 heavy (non-hydrogen) atoms. The number of fused-ring (bicyclic) bond motifs is 1. The smallest absolute Gasteiger partial charge is 0.393 e. The van der Waals surface area contributed by atoms with E-state index >= 15 is 4.39 Å². The van der Waals surface area contributed by atoms with Gasteiger partial charge in [-0.3, -0.25) is 4.72 Å². The highest BCUT2D eigenvalue weighted by molar-refractivity contribution is 7.92. The van der Waals surface area contributed by atoms with Gasteiger partial charge in [0.25, 0.3) is 10.0 Å². The summed E-state index contributed by atoms with van der Waals surface area (Å²) in [5, 5.41) is 3.54. The SMILES string of the molecule is C=C1C=Cc2cc(S(=O)(=O)Nc3ccon3)ccc2N1c1cc(F)c(C#C[C@H]2C[C@@H]2C(F)(F)F)cc1OC. The van der Waals surface area contributed by atoms with Gasteiger partial charge in [-0.2, -0.15) is 13.2 Å². The van der Waals surface area contributed by atoms with Crippen molar-refractivity contribution in [2.45, 2.75) is 17.5 Å². The minimum absolute atomic E-state index is 0.0206. The van der Waals surface area contributed by atoms with Crippen molar-refractivity contribution in [2.75, 3.05) is 16.7 Å². The van der Waals surface area contributed by atoms with Crippen molar-refractivity contribution in [2.24, 2.45) is 11.8 Å². The molecule has 1 aliphatic carbocycles. The van der Waals surface area contributed by atoms with Crippen LogP contribution in [0.25, 0.3) is 6.08 Å². The van der Waals surface area contributed by atoms with Crippen LogP contribution in [0, 0.1) is 29.5 Å². The predicted octanol–water partition coefficient (Wildman–Crippen LogP) is 5.85. The van der Waals surface area contributed by atoms with Crippen molar-refractivity contribution in [1.29, 1.82) is 0 Å². The summed E-state index contributed by atoms with van der Waals surface area (Å²) in [4.78, 5) is 1.54. The van der Waals surface area contributed by atoms with Crippen LogP contribution in [-0.2, 0) is 10.0 Å². The molecular formula is C26H19F4N3O4S. The van der Waals surface area contributed by atoms with Gasteiger partial charge >= 0.3 is 6.18 Å². The number of halogens is 4. The Hall–Kier alpha value is -4.24. The summed E-state index contributed by atoms with van der Waals surface area (Å²) in [7, 11) is -2.61. The molecule has 0 unspecified atom stereocenters. The lowest BCUT2D eigenvalue weighted by Crippen LogP contribution is -2.20. The summed E-state index contributed by atoms with van der Waals surface area (Å²) in [5.74, 6) is 2.13. The number of alkyl halides is 3. The first-order valence-corrected chi connectivity index (χ1v) is 12.7. The van der Waals surface area contributed by atoms with E-state index in [1.807, 2.05) is 0 Å². The monoisotopic (exact) mass is 545 g/mol. The van der Waals surface area contributed by atoms with Crippen molar-refractivity contribution >= 4 is 33.3 Å². The molecule has 1 N–H and O–H groups in total. The van der Waals surface area contributed by atoms with Gasteiger partial charge in [0, 0.05) is 29.8 Å². The summed E-state index contributed by atoms with van der Waals surface area (Å²) < 4.78 is 91.4. The Labute approximate surface area is 215 Å². The standard InChI is InChI=1S/C26H19F4N3O4S/c1-15-3-4-18-11-19(38(34,35)32-25-9-10-37-31-25)7-8-22(18)33(15)23-14-21(27)17(13-24(23)36-2)6-5-16-12-20(16)26(28,29)30/h3-4,7-11,13-14,16,20H,1,12H2,2H3,(H,31,32)/t16-,20-/m0/s1. The number of nitrogens with one attached hydrogen (secondary N) is 1. The second kappa shape index (κ2) is 9.25. The third-order valence-electron chi connectivity index (χ3n) is 6.08. The molecule has 0 amide bonds. The second-order valence-corrected chi connectivity index (χ2v) is 10.3. The Kier molecular flexibility index (Phi) is 6.19. The molecule has 5 rings (SSSR count). The minimum Gasteiger partial charge on any atom is -0.495 e. The van der Waals surface area contributed by atoms with Crippen LogP contribution in [0.4, 0.5) is 34.8 Å². The normalized spacial score (nSPS) is 18.4. The first-order chi connectivity index (χ1) is 18.0. The quantitative estimate of drug-likeness (QED) is 0.320. The maximum atomic E-state index is 15.1. The fraction of sp³-hybridized carbons (Fsp3) is 0.192. The van der Waals surface area contributed by atoms with Crippen LogP contribution in [0.15, 0.2) is 70.4 Å². The molecule has 2 aliphatic rings. The summed E-state index contributed by atoms with van der Waals surface area (Å²) in [5.41, 5.74) is 1.59. The molecular weight excluding hydrogens is 526 g/mol. The zero-order chi connectivity index (χ0) is 27.2. The maximum Gasteiger partial charge on any atom is 0.393 e. The van der Waals surface area contributed by atoms with Gasteiger partial charge in [-0.1, -0.05) is 29.7 Å². The number of nitrogens with zero attached hydrogens (tertiary/aromatic N) is 2. The summed E-state index contributed by atoms with van der Waals surface area (Å²) in [6, 6.07) is 8.17. The summed E-state index contributed by atoms with van der Waals surface area (Å²) in [6.45, 7) is 4.00. The lowest BCUT2D eigenvalue weighted by Gasteiger charge is -2.31. The van der Waals surface area contributed by atoms with Crippen LogP contribution >= 0.6 is 0 Å². The summed E-state index contributed by atoms with van der Waals surface area (Å²) in [6.07, 6.45) is 0.0969. The molecule has 3 aromatic rings. The number of hydrogen-bond acceptors (Lipinski definition) is 6. The van der Waals surface area contributed by atoms with Gasteiger partial charge in [-0.05, 0) is 36.3 Å². The number of methoxy groups -OCH3 is 1. The Morgan fingerprint density at radius 3 is 2.63 bits per heavy atom. The van der Waals surface area contributed by atoms with Crippen molar-refractivity contribution in [3.63, 3.8) is 0 Å². The van der Waals surface area contributed by atoms with Crippen molar-refractivity contribution < 1.29 is 35.2 Å². The molecule has 2 atom stereocenters. The zero-order valence-electron chi connectivity index (χ0n) is 19.7. The zero-order valence-corrected chi connectivity index (χ0v) is 20.5. The van der Waals surface area contributed by atoms with Gasteiger partial charge in [0.1, 0.15) is 17.8 Å². The number of allylic oxidation sites excluding steroid dienone is 1. The molecule has 2 heterocycles. The second-order valence-electron chi connectivity index (χ2n) is 8.63. The van der Waals surface area contributed by atoms with Gasteiger partial charge in [0.2, 0.25) is 0 Å². The fourth-order valence-corrected chi connectivity index (χ4v) is 5.09. The molecule has 0 spiro atoms. The molecule has 1 saturated carbocycles. The molecule has 1 aliphatic heterocycles. The Morgan fingerprint density at radius 1 is 1.18 bits per heavy atom. The molecule has 1 aromatic heterocycles. The Morgan fingerprint density at radius 2 is 1.97 bits per heavy atom. The van der Waals surface area contributed by atoms with Gasteiger partial charge in [0.05, 0.1) is 34.9 Å². The van der Waals surface area contributed by atoms with E-state index < -0.39 is 33.9 Å². The van der Waals surface area contributed by atoms with Crippen LogP contribution in [0.3, 0.4) is 0 Å². The number of sulfonamides is 1. The molecule has 0 radical (unpaired) electrons. The van der Waals surface area contributed by atoms with Crippen molar-refractivity contribution in [3.8, 4) is 17.6 Å². The van der Waals surface area contributed by atoms with E-state index in [0.717, 1.165) is 6.07 Å². The molecule has 12 heteroatoms. The van der Waals surface area contributed by atoms with E-state index in [1.165, 1.54) is 43.7 Å². The number of anilines is 3. The molecule has 1 fully saturated rings. The van der Waals surface area contributed by atoms with E-state index in [1.54, 1.807) is 17.1 Å². The van der Waals surface area contributed by atoms with Gasteiger partial charge in [0.15, 0.2) is 5.82 Å². The highest BCUT2D eigenvalue weighted by Gasteiger charge is 2.55. The van der Waals surface area contributed by atoms with E-state index in [2.05, 4.69) is 32.8 Å². The van der Waals surface area contributed by atoms with Gasteiger partial charge in [-0.25, -0.2) is 12.8 Å². The maximum absolute atomic E-state index is 15.1. The minimum atomic E-state index is -4.32. The number of benzene rings is 2. The molecule has 0 bridgehead atoms. The van der Waals surface area contributed by atoms with Crippen LogP contribution in [0.2, 0.25) is 0 Å². The van der Waals surface area contributed by atoms with Crippen LogP contribution in [0.5, 0.6) is 5.75 Å². The van der Waals surface area contributed by atoms with Crippen LogP contribution in [-0.4, -0.2) is 26.9 Å². The highest BCUT2D eigenvalue weighted by Crippen LogP contribution is 2.49. The first kappa shape index (κ1) is 25.4. The molecule has 0 saturated heterocycles. The predicted molar refractivity (Wildman–Crippen MR) is 132 cm³/mol. The topological polar surface area (TPSA) is 84.7 Å². The molecule has 196 valence electrons. The third kappa shape index (κ3) is 4.84. The van der Waals surface area contributed by atoms with E-state index in [-0.39, 0.29) is 34.1 Å². The van der Waals surface area contributed by atoms with Crippen LogP contribution in [0.1, 0.15) is 17.5 Å². The number of aromatic nitrogens is 1. The molecule has 2 aromatic carbocycles. The number of hydrogen-bond donors (Lipinski definition) is 1. The van der Waals surface area contributed by atoms with E-state index in [0.29, 0.717) is 16.9 Å². The number of ether oxygens (including phenoxy) is 1. The van der Waals surface area contributed by atoms with E-state index in [9.17, 15) is 21.6 Å². The number of rotatable bonds is 5. The van der Waals surface area contributed by atoms with Crippen molar-refractivity contribution in [1.82, 2.24) is 5.16 Å². The Bertz CT molecular complexity index is 1620. The summed E-state index contributed by atoms with van der Waals surface area (Å²) >= 11 is 0. The fourth-order valence-electron chi connectivity index (χ4n) is 4.06. The van der Waals surface area contributed by atoms with E-state index in [4.69, 9.17) is 4.74 Å². The van der Waals surface area contributed by atoms with Crippen molar-refractivity contribution in [3.05, 3.63) is 78.0 Å². The van der Waals surface area contributed by atoms with Crippen LogP contribution < -0.4 is 14.4 Å². The lowest BCUT2D eigenvalue weighted by atomic mass is 10.0. The Balaban J connectivity index is 1.48. The first-order valence-electron chi connectivity index (χ1n) is 11.2. The molecule has 7 nitrogen and oxygen atoms in total.